The Bertz CT molecular complexity index is 758. The largest absolute Gasteiger partial charge is 0.329 e. The first-order chi connectivity index (χ1) is 12.1. The second-order valence-electron chi connectivity index (χ2n) is 7.63. The molecule has 4 aliphatic rings. The molecule has 0 radical (unpaired) electrons. The van der Waals surface area contributed by atoms with Crippen LogP contribution in [0.25, 0.3) is 0 Å². The predicted octanol–water partition coefficient (Wildman–Crippen LogP) is 0.763. The van der Waals surface area contributed by atoms with Gasteiger partial charge in [-0.1, -0.05) is 30.3 Å². The van der Waals surface area contributed by atoms with Gasteiger partial charge in [0.15, 0.2) is 0 Å². The molecule has 0 N–H and O–H groups in total. The van der Waals surface area contributed by atoms with Gasteiger partial charge in [0, 0.05) is 13.1 Å². The van der Waals surface area contributed by atoms with Gasteiger partial charge in [-0.3, -0.25) is 14.4 Å². The van der Waals surface area contributed by atoms with Gasteiger partial charge in [-0.15, -0.1) is 0 Å². The Kier molecular flexibility index (Phi) is 3.03. The first-order valence-electron chi connectivity index (χ1n) is 9.07. The van der Waals surface area contributed by atoms with Gasteiger partial charge in [-0.25, -0.2) is 0 Å². The smallest absolute Gasteiger partial charge is 0.248 e. The van der Waals surface area contributed by atoms with Crippen molar-refractivity contribution >= 4 is 17.7 Å². The monoisotopic (exact) mass is 339 g/mol. The molecule has 0 bridgehead atoms. The fraction of sp³-hybridized carbons (Fsp3) is 0.526. The van der Waals surface area contributed by atoms with E-state index < -0.39 is 11.6 Å². The Labute approximate surface area is 146 Å². The number of fused-ring (bicyclic) bond motifs is 3. The van der Waals surface area contributed by atoms with E-state index >= 15 is 0 Å². The number of benzene rings is 1. The van der Waals surface area contributed by atoms with Gasteiger partial charge in [0.05, 0.1) is 5.54 Å². The van der Waals surface area contributed by atoms with E-state index in [0.717, 1.165) is 31.2 Å². The van der Waals surface area contributed by atoms with Crippen LogP contribution in [0.3, 0.4) is 0 Å². The van der Waals surface area contributed by atoms with Crippen molar-refractivity contribution in [1.29, 1.82) is 0 Å². The third kappa shape index (κ3) is 2.00. The second-order valence-corrected chi connectivity index (χ2v) is 7.63. The van der Waals surface area contributed by atoms with Crippen LogP contribution in [0, 0.1) is 0 Å². The predicted molar refractivity (Wildman–Crippen MR) is 89.2 cm³/mol. The minimum Gasteiger partial charge on any atom is -0.329 e. The Morgan fingerprint density at radius 1 is 1.00 bits per heavy atom. The van der Waals surface area contributed by atoms with E-state index in [2.05, 4.69) is 0 Å². The molecule has 130 valence electrons. The summed E-state index contributed by atoms with van der Waals surface area (Å²) >= 11 is 0. The van der Waals surface area contributed by atoms with Gasteiger partial charge in [0.25, 0.3) is 0 Å². The lowest BCUT2D eigenvalue weighted by Crippen LogP contribution is -2.74. The van der Waals surface area contributed by atoms with Crippen LogP contribution in [-0.4, -0.2) is 63.1 Å². The number of carbonyl (C=O) groups is 3. The van der Waals surface area contributed by atoms with E-state index in [1.54, 1.807) is 9.80 Å². The summed E-state index contributed by atoms with van der Waals surface area (Å²) < 4.78 is 0. The number of piperazine rings is 2. The van der Waals surface area contributed by atoms with Crippen LogP contribution in [-0.2, 0) is 20.9 Å². The normalized spacial score (nSPS) is 29.9. The number of hydrogen-bond acceptors (Lipinski definition) is 3. The lowest BCUT2D eigenvalue weighted by molar-refractivity contribution is -0.174. The van der Waals surface area contributed by atoms with E-state index in [9.17, 15) is 14.4 Å². The molecule has 6 nitrogen and oxygen atoms in total. The van der Waals surface area contributed by atoms with Crippen LogP contribution in [0.4, 0.5) is 0 Å². The molecule has 6 heteroatoms. The first-order valence-corrected chi connectivity index (χ1v) is 9.07. The van der Waals surface area contributed by atoms with Crippen LogP contribution < -0.4 is 0 Å². The highest BCUT2D eigenvalue weighted by Gasteiger charge is 2.67. The summed E-state index contributed by atoms with van der Waals surface area (Å²) in [4.78, 5) is 44.1. The Morgan fingerprint density at radius 3 is 2.48 bits per heavy atom. The van der Waals surface area contributed by atoms with Crippen LogP contribution >= 0.6 is 0 Å². The van der Waals surface area contributed by atoms with Crippen molar-refractivity contribution in [3.05, 3.63) is 35.9 Å². The lowest BCUT2D eigenvalue weighted by Gasteiger charge is -2.52. The van der Waals surface area contributed by atoms with Crippen LogP contribution in [0.15, 0.2) is 30.3 Å². The number of nitrogens with zero attached hydrogens (tertiary/aromatic N) is 3. The molecule has 3 saturated heterocycles. The average molecular weight is 339 g/mol. The maximum Gasteiger partial charge on any atom is 0.248 e. The summed E-state index contributed by atoms with van der Waals surface area (Å²) in [6, 6.07) is 9.04. The van der Waals surface area contributed by atoms with Crippen molar-refractivity contribution in [2.75, 3.05) is 13.1 Å². The maximum atomic E-state index is 13.1. The zero-order valence-corrected chi connectivity index (χ0v) is 14.1. The van der Waals surface area contributed by atoms with Crippen LogP contribution in [0.1, 0.15) is 31.2 Å². The molecule has 1 aliphatic carbocycles. The fourth-order valence-electron chi connectivity index (χ4n) is 4.90. The van der Waals surface area contributed by atoms with Crippen molar-refractivity contribution < 1.29 is 14.4 Å². The van der Waals surface area contributed by atoms with Gasteiger partial charge >= 0.3 is 0 Å². The molecule has 1 aromatic rings. The minimum absolute atomic E-state index is 0.0268. The molecule has 4 fully saturated rings. The fourth-order valence-corrected chi connectivity index (χ4v) is 4.90. The summed E-state index contributed by atoms with van der Waals surface area (Å²) in [5, 5.41) is 0. The van der Waals surface area contributed by atoms with E-state index in [0.29, 0.717) is 13.1 Å². The number of amides is 3. The molecular weight excluding hydrogens is 318 g/mol. The van der Waals surface area contributed by atoms with Crippen LogP contribution in [0.2, 0.25) is 0 Å². The highest BCUT2D eigenvalue weighted by molar-refractivity contribution is 6.02. The quantitative estimate of drug-likeness (QED) is 0.799. The van der Waals surface area contributed by atoms with Crippen LogP contribution in [0.5, 0.6) is 0 Å². The molecule has 1 aromatic carbocycles. The molecule has 25 heavy (non-hydrogen) atoms. The molecule has 1 spiro atoms. The molecular formula is C19H21N3O3. The summed E-state index contributed by atoms with van der Waals surface area (Å²) in [7, 11) is 0. The van der Waals surface area contributed by atoms with Crippen molar-refractivity contribution in [2.24, 2.45) is 0 Å². The van der Waals surface area contributed by atoms with E-state index in [-0.39, 0.29) is 30.3 Å². The highest BCUT2D eigenvalue weighted by Crippen LogP contribution is 2.51. The maximum absolute atomic E-state index is 13.1. The molecule has 0 unspecified atom stereocenters. The standard InChI is InChI=1S/C19H21N3O3/c23-15-12-21-16(18(25)20-10-4-7-14(20)17(21)24)19(8-9-19)22(15)11-13-5-2-1-3-6-13/h1-3,5-6,14,16H,4,7-12H2/t14-,16+/m0/s1. The van der Waals surface area contributed by atoms with Crippen molar-refractivity contribution in [3.8, 4) is 0 Å². The van der Waals surface area contributed by atoms with Gasteiger partial charge in [-0.05, 0) is 31.2 Å². The van der Waals surface area contributed by atoms with Crippen molar-refractivity contribution in [2.45, 2.75) is 49.9 Å². The molecule has 2 atom stereocenters. The SMILES string of the molecule is O=C1[C@H]2N(CC(=O)N(Cc3ccccc3)C23CC3)C(=O)[C@@H]2CCCN12. The Balaban J connectivity index is 1.51. The van der Waals surface area contributed by atoms with E-state index in [1.165, 1.54) is 0 Å². The molecule has 5 rings (SSSR count). The Hall–Kier alpha value is -2.37. The first kappa shape index (κ1) is 14.9. The summed E-state index contributed by atoms with van der Waals surface area (Å²) in [6.45, 7) is 1.21. The third-order valence-corrected chi connectivity index (χ3v) is 6.25. The topological polar surface area (TPSA) is 60.9 Å². The average Bonchev–Trinajstić information content (AvgIpc) is 3.22. The van der Waals surface area contributed by atoms with E-state index in [4.69, 9.17) is 0 Å². The van der Waals surface area contributed by atoms with Crippen molar-refractivity contribution in [3.63, 3.8) is 0 Å². The number of carbonyl (C=O) groups excluding carboxylic acids is 3. The number of rotatable bonds is 2. The Morgan fingerprint density at radius 2 is 1.76 bits per heavy atom. The number of hydrogen-bond donors (Lipinski definition) is 0. The summed E-state index contributed by atoms with van der Waals surface area (Å²) in [6.07, 6.45) is 3.19. The third-order valence-electron chi connectivity index (χ3n) is 6.25. The van der Waals surface area contributed by atoms with Gasteiger partial charge in [0.1, 0.15) is 18.6 Å². The second kappa shape index (κ2) is 5.07. The molecule has 0 aromatic heterocycles. The van der Waals surface area contributed by atoms with Gasteiger partial charge in [0.2, 0.25) is 17.7 Å². The minimum atomic E-state index is -0.495. The van der Waals surface area contributed by atoms with Crippen molar-refractivity contribution in [1.82, 2.24) is 14.7 Å². The highest BCUT2D eigenvalue weighted by atomic mass is 16.2. The van der Waals surface area contributed by atoms with E-state index in [1.807, 2.05) is 35.2 Å². The van der Waals surface area contributed by atoms with Gasteiger partial charge in [-0.2, -0.15) is 0 Å². The lowest BCUT2D eigenvalue weighted by atomic mass is 9.92. The molecule has 3 heterocycles. The molecule has 3 aliphatic heterocycles. The summed E-state index contributed by atoms with van der Waals surface area (Å²) in [5.41, 5.74) is 0.565. The summed E-state index contributed by atoms with van der Waals surface area (Å²) in [5.74, 6) is -0.0172. The van der Waals surface area contributed by atoms with Gasteiger partial charge < -0.3 is 14.7 Å². The zero-order valence-electron chi connectivity index (χ0n) is 14.1. The zero-order chi connectivity index (χ0) is 17.2. The molecule has 3 amide bonds. The molecule has 1 saturated carbocycles.